The van der Waals surface area contributed by atoms with Crippen LogP contribution in [0, 0.1) is 24.8 Å². The summed E-state index contributed by atoms with van der Waals surface area (Å²) in [4.78, 5) is 18.6. The van der Waals surface area contributed by atoms with E-state index in [-0.39, 0.29) is 59.6 Å². The fourth-order valence-electron chi connectivity index (χ4n) is 7.79. The maximum atomic E-state index is 12.8. The first-order valence-electron chi connectivity index (χ1n) is 23.6. The summed E-state index contributed by atoms with van der Waals surface area (Å²) in [5, 5.41) is 1.19. The van der Waals surface area contributed by atoms with E-state index in [0.29, 0.717) is 56.1 Å². The van der Waals surface area contributed by atoms with Crippen molar-refractivity contribution in [1.82, 2.24) is 19.9 Å². The van der Waals surface area contributed by atoms with Crippen LogP contribution in [0.5, 0.6) is 0 Å². The summed E-state index contributed by atoms with van der Waals surface area (Å²) in [5.41, 5.74) is 12.4. The fourth-order valence-corrected chi connectivity index (χ4v) is 7.79. The summed E-state index contributed by atoms with van der Waals surface area (Å²) < 4.78 is 52.3. The van der Waals surface area contributed by atoms with E-state index in [2.05, 4.69) is 149 Å². The fraction of sp³-hybridized carbons (Fsp3) is 0.393. The minimum atomic E-state index is -2.42. The van der Waals surface area contributed by atoms with Crippen LogP contribution in [0.25, 0.3) is 66.7 Å². The van der Waals surface area contributed by atoms with Crippen molar-refractivity contribution in [3.05, 3.63) is 131 Å². The molecule has 337 valence electrons. The van der Waals surface area contributed by atoms with Crippen molar-refractivity contribution < 1.29 is 37.4 Å². The SMILES string of the molecule is CC(C)(C)c1ccc(-c2[c-]cc(F)cc2)nc1.[2H]C([2H])([2H])c1c[c-]c(-c2cc(C(C)(C)C)ncn2)c2oc3c(-c4c(C(C)C)cc(C(C)C)cc4C(C)C)c4oc(C(C)(C)C)nc4cc3c12.[Ir]. The van der Waals surface area contributed by atoms with Gasteiger partial charge in [-0.25, -0.2) is 9.97 Å². The molecule has 0 unspecified atom stereocenters. The summed E-state index contributed by atoms with van der Waals surface area (Å²) >= 11 is 0. The second-order valence-corrected chi connectivity index (χ2v) is 20.8. The van der Waals surface area contributed by atoms with Crippen LogP contribution in [0.1, 0.15) is 165 Å². The van der Waals surface area contributed by atoms with Crippen LogP contribution in [-0.2, 0) is 36.4 Å². The minimum absolute atomic E-state index is 0. The second kappa shape index (κ2) is 18.1. The van der Waals surface area contributed by atoms with Crippen LogP contribution in [0.3, 0.4) is 0 Å². The third-order valence-corrected chi connectivity index (χ3v) is 11.6. The van der Waals surface area contributed by atoms with E-state index >= 15 is 0 Å². The van der Waals surface area contributed by atoms with Gasteiger partial charge in [-0.15, -0.1) is 47.5 Å². The van der Waals surface area contributed by atoms with E-state index in [1.165, 1.54) is 34.4 Å². The molecule has 0 aliphatic heterocycles. The molecule has 0 saturated heterocycles. The Morgan fingerprint density at radius 3 is 1.88 bits per heavy atom. The predicted molar refractivity (Wildman–Crippen MR) is 258 cm³/mol. The molecule has 4 aromatic carbocycles. The molecule has 4 aromatic heterocycles. The Hall–Kier alpha value is -5.04. The summed E-state index contributed by atoms with van der Waals surface area (Å²) in [6.07, 6.45) is 3.42. The number of fused-ring (bicyclic) bond motifs is 4. The first-order valence-corrected chi connectivity index (χ1v) is 22.1. The maximum absolute atomic E-state index is 12.8. The van der Waals surface area contributed by atoms with Gasteiger partial charge in [0.2, 0.25) is 5.89 Å². The molecule has 0 fully saturated rings. The van der Waals surface area contributed by atoms with Gasteiger partial charge in [0, 0.05) is 58.1 Å². The molecule has 8 rings (SSSR count). The van der Waals surface area contributed by atoms with Crippen LogP contribution >= 0.6 is 0 Å². The number of benzene rings is 4. The smallest absolute Gasteiger partial charge is 0.200 e. The summed E-state index contributed by atoms with van der Waals surface area (Å²) in [5.74, 6) is 1.04. The molecule has 1 radical (unpaired) electrons. The first-order chi connectivity index (χ1) is 30.6. The Labute approximate surface area is 397 Å². The van der Waals surface area contributed by atoms with E-state index in [4.69, 9.17) is 17.9 Å². The average Bonchev–Trinajstić information content (AvgIpc) is 3.84. The Morgan fingerprint density at radius 2 is 1.34 bits per heavy atom. The van der Waals surface area contributed by atoms with Crippen molar-refractivity contribution in [2.24, 2.45) is 0 Å². The van der Waals surface area contributed by atoms with Gasteiger partial charge < -0.3 is 13.8 Å². The van der Waals surface area contributed by atoms with Gasteiger partial charge in [0.1, 0.15) is 17.4 Å². The Kier molecular flexibility index (Phi) is 12.5. The van der Waals surface area contributed by atoms with Gasteiger partial charge >= 0.3 is 0 Å². The van der Waals surface area contributed by atoms with E-state index in [1.54, 1.807) is 18.5 Å². The van der Waals surface area contributed by atoms with E-state index in [0.717, 1.165) is 28.1 Å². The third kappa shape index (κ3) is 9.65. The van der Waals surface area contributed by atoms with E-state index < -0.39 is 6.85 Å². The topological polar surface area (TPSA) is 77.8 Å². The van der Waals surface area contributed by atoms with Crippen molar-refractivity contribution in [3.8, 4) is 33.6 Å². The number of furan rings is 1. The number of halogens is 1. The molecule has 6 nitrogen and oxygen atoms in total. The van der Waals surface area contributed by atoms with E-state index in [9.17, 15) is 4.39 Å². The van der Waals surface area contributed by atoms with Crippen molar-refractivity contribution >= 4 is 33.0 Å². The predicted octanol–water partition coefficient (Wildman–Crippen LogP) is 15.9. The molecule has 0 aliphatic carbocycles. The van der Waals surface area contributed by atoms with Crippen LogP contribution in [0.2, 0.25) is 0 Å². The maximum Gasteiger partial charge on any atom is 0.200 e. The molecule has 8 heteroatoms. The monoisotopic (exact) mass is 1040 g/mol. The number of hydrogen-bond acceptors (Lipinski definition) is 6. The first kappa shape index (κ1) is 44.2. The number of rotatable bonds is 6. The normalized spacial score (nSPS) is 13.3. The molecular formula is C56H63FIrN4O2-2. The standard InChI is InChI=1S/C41H48N3O2.C15H15FN.Ir/c1-21(2)25-16-27(22(3)4)34(28(17-25)23(5)6)35-37-29(18-31-38(35)46-39(44-31)41(11,12)13)33-24(7)14-15-26(36(33)45-37)30-19-32(40(8,9)10)43-20-42-30;1-15(2,3)12-6-9-14(17-10-12)11-4-7-13(16)8-5-11;/h14,16-23H,1-13H3;4,6-10H,1-3H3;/q2*-1;/i7D3;;. The van der Waals surface area contributed by atoms with Gasteiger partial charge in [-0.05, 0) is 68.4 Å². The molecule has 0 amide bonds. The number of hydrogen-bond donors (Lipinski definition) is 0. The Morgan fingerprint density at radius 1 is 0.656 bits per heavy atom. The Bertz CT molecular complexity index is 3030. The molecular weight excluding hydrogens is 972 g/mol. The third-order valence-electron chi connectivity index (χ3n) is 11.6. The summed E-state index contributed by atoms with van der Waals surface area (Å²) in [6, 6.07) is 24.7. The summed E-state index contributed by atoms with van der Waals surface area (Å²) in [7, 11) is 0. The molecule has 8 aromatic rings. The molecule has 4 heterocycles. The van der Waals surface area contributed by atoms with Crippen LogP contribution in [0.4, 0.5) is 4.39 Å². The average molecular weight is 1040 g/mol. The molecule has 0 N–H and O–H groups in total. The Balaban J connectivity index is 0.000000346. The van der Waals surface area contributed by atoms with Crippen molar-refractivity contribution in [1.29, 1.82) is 0 Å². The molecule has 0 spiro atoms. The molecule has 64 heavy (non-hydrogen) atoms. The minimum Gasteiger partial charge on any atom is -0.500 e. The van der Waals surface area contributed by atoms with Crippen LogP contribution in [-0.4, -0.2) is 19.9 Å². The molecule has 0 bridgehead atoms. The zero-order chi connectivity index (χ0) is 48.4. The van der Waals surface area contributed by atoms with Gasteiger partial charge in [-0.2, -0.15) is 0 Å². The van der Waals surface area contributed by atoms with Crippen molar-refractivity contribution in [2.45, 2.75) is 145 Å². The number of aromatic nitrogens is 4. The number of aryl methyl sites for hydroxylation is 1. The zero-order valence-electron chi connectivity index (χ0n) is 43.0. The number of nitrogens with zero attached hydrogens (tertiary/aromatic N) is 4. The second-order valence-electron chi connectivity index (χ2n) is 20.8. The zero-order valence-corrected chi connectivity index (χ0v) is 42.4. The molecule has 0 atom stereocenters. The van der Waals surface area contributed by atoms with Crippen molar-refractivity contribution in [2.75, 3.05) is 0 Å². The van der Waals surface area contributed by atoms with Gasteiger partial charge in [0.15, 0.2) is 5.58 Å². The van der Waals surface area contributed by atoms with Gasteiger partial charge in [-0.3, -0.25) is 9.37 Å². The molecule has 0 aliphatic rings. The number of pyridine rings is 1. The van der Waals surface area contributed by atoms with Crippen molar-refractivity contribution in [3.63, 3.8) is 0 Å². The summed E-state index contributed by atoms with van der Waals surface area (Å²) in [6.45, 7) is 29.8. The largest absolute Gasteiger partial charge is 0.500 e. The number of oxazole rings is 1. The van der Waals surface area contributed by atoms with Crippen LogP contribution in [0.15, 0.2) is 82.0 Å². The van der Waals surface area contributed by atoms with Gasteiger partial charge in [0.05, 0.1) is 11.1 Å². The quantitative estimate of drug-likeness (QED) is 0.154. The van der Waals surface area contributed by atoms with E-state index in [1.807, 2.05) is 24.4 Å². The van der Waals surface area contributed by atoms with Gasteiger partial charge in [-0.1, -0.05) is 152 Å². The van der Waals surface area contributed by atoms with Gasteiger partial charge in [0.25, 0.3) is 0 Å². The molecule has 0 saturated carbocycles. The van der Waals surface area contributed by atoms with Crippen LogP contribution < -0.4 is 0 Å².